The van der Waals surface area contributed by atoms with Gasteiger partial charge in [0, 0.05) is 17.8 Å². The molecule has 5 nitrogen and oxygen atoms in total. The van der Waals surface area contributed by atoms with E-state index in [0.717, 1.165) is 10.7 Å². The normalized spacial score (nSPS) is 13.1. The first-order valence-corrected chi connectivity index (χ1v) is 6.79. The van der Waals surface area contributed by atoms with Crippen LogP contribution in [0.15, 0.2) is 17.8 Å². The van der Waals surface area contributed by atoms with E-state index in [1.807, 2.05) is 36.0 Å². The molecule has 0 radical (unpaired) electrons. The fraction of sp³-hybridized carbons (Fsp3) is 0.500. The summed E-state index contributed by atoms with van der Waals surface area (Å²) in [6.07, 6.45) is 4.02. The zero-order valence-electron chi connectivity index (χ0n) is 10.5. The third-order valence-corrected chi connectivity index (χ3v) is 3.60. The summed E-state index contributed by atoms with van der Waals surface area (Å²) in [5, 5.41) is 13.9. The van der Waals surface area contributed by atoms with Crippen molar-refractivity contribution in [2.24, 2.45) is 5.92 Å². The van der Waals surface area contributed by atoms with E-state index in [1.165, 1.54) is 11.3 Å². The predicted octanol–water partition coefficient (Wildman–Crippen LogP) is 1.07. The Morgan fingerprint density at radius 2 is 2.39 bits per heavy atom. The Labute approximate surface area is 109 Å². The number of carbonyl (C=O) groups excluding carboxylic acids is 1. The highest BCUT2D eigenvalue weighted by molar-refractivity contribution is 7.15. The predicted molar refractivity (Wildman–Crippen MR) is 70.6 cm³/mol. The molecular formula is C12H17N3O2S. The molecule has 1 amide bonds. The van der Waals surface area contributed by atoms with Crippen molar-refractivity contribution < 1.29 is 9.90 Å². The highest BCUT2D eigenvalue weighted by Gasteiger charge is 2.16. The fourth-order valence-electron chi connectivity index (χ4n) is 1.71. The van der Waals surface area contributed by atoms with E-state index in [4.69, 9.17) is 5.11 Å². The summed E-state index contributed by atoms with van der Waals surface area (Å²) in [4.78, 5) is 17.1. The number of thiazole rings is 1. The number of aliphatic hydroxyl groups is 1. The van der Waals surface area contributed by atoms with Crippen LogP contribution in [0.5, 0.6) is 0 Å². The van der Waals surface area contributed by atoms with Gasteiger partial charge in [-0.25, -0.2) is 4.98 Å². The zero-order chi connectivity index (χ0) is 13.1. The molecule has 1 atom stereocenters. The summed E-state index contributed by atoms with van der Waals surface area (Å²) < 4.78 is 1.90. The van der Waals surface area contributed by atoms with Crippen molar-refractivity contribution in [3.05, 3.63) is 23.5 Å². The summed E-state index contributed by atoms with van der Waals surface area (Å²) in [6.45, 7) is 3.89. The standard InChI is InChI=1S/C12H17N3O2S/c1-8(2)10(7-16)14-11(17)5-9-6-15-3-4-18-12(15)13-9/h3-4,6,8,10,16H,5,7H2,1-2H3,(H,14,17)/t10-/m1/s1. The first-order chi connectivity index (χ1) is 8.60. The van der Waals surface area contributed by atoms with E-state index >= 15 is 0 Å². The van der Waals surface area contributed by atoms with E-state index in [2.05, 4.69) is 10.3 Å². The Morgan fingerprint density at radius 3 is 3.00 bits per heavy atom. The third-order valence-electron chi connectivity index (χ3n) is 2.83. The minimum atomic E-state index is -0.193. The lowest BCUT2D eigenvalue weighted by Gasteiger charge is -2.19. The Kier molecular flexibility index (Phi) is 3.98. The van der Waals surface area contributed by atoms with Gasteiger partial charge in [0.2, 0.25) is 5.91 Å². The van der Waals surface area contributed by atoms with Crippen LogP contribution in [0.4, 0.5) is 0 Å². The van der Waals surface area contributed by atoms with Gasteiger partial charge < -0.3 is 10.4 Å². The number of fused-ring (bicyclic) bond motifs is 1. The molecule has 0 aromatic carbocycles. The number of hydrogen-bond donors (Lipinski definition) is 2. The number of aromatic nitrogens is 2. The first-order valence-electron chi connectivity index (χ1n) is 5.91. The highest BCUT2D eigenvalue weighted by Crippen LogP contribution is 2.11. The molecule has 18 heavy (non-hydrogen) atoms. The Bertz CT molecular complexity index is 504. The number of aliphatic hydroxyl groups excluding tert-OH is 1. The molecule has 2 aromatic heterocycles. The topological polar surface area (TPSA) is 66.6 Å². The average molecular weight is 267 g/mol. The van der Waals surface area contributed by atoms with Crippen molar-refractivity contribution >= 4 is 22.2 Å². The first kappa shape index (κ1) is 13.0. The minimum absolute atomic E-state index is 0.0400. The number of imidazole rings is 1. The molecule has 0 bridgehead atoms. The zero-order valence-corrected chi connectivity index (χ0v) is 11.3. The molecule has 0 saturated carbocycles. The number of hydrogen-bond acceptors (Lipinski definition) is 4. The van der Waals surface area contributed by atoms with Crippen LogP contribution in [-0.4, -0.2) is 33.0 Å². The molecule has 2 aromatic rings. The molecule has 6 heteroatoms. The van der Waals surface area contributed by atoms with Gasteiger partial charge in [0.15, 0.2) is 4.96 Å². The van der Waals surface area contributed by atoms with Gasteiger partial charge in [-0.3, -0.25) is 9.20 Å². The monoisotopic (exact) mass is 267 g/mol. The maximum atomic E-state index is 11.8. The quantitative estimate of drug-likeness (QED) is 0.851. The lowest BCUT2D eigenvalue weighted by Crippen LogP contribution is -2.41. The molecule has 0 fully saturated rings. The number of rotatable bonds is 5. The Morgan fingerprint density at radius 1 is 1.61 bits per heavy atom. The smallest absolute Gasteiger partial charge is 0.226 e. The molecule has 0 unspecified atom stereocenters. The van der Waals surface area contributed by atoms with Crippen molar-refractivity contribution in [3.8, 4) is 0 Å². The Balaban J connectivity index is 1.96. The molecule has 0 aliphatic carbocycles. The van der Waals surface area contributed by atoms with Crippen LogP contribution in [-0.2, 0) is 11.2 Å². The Hall–Kier alpha value is -1.40. The van der Waals surface area contributed by atoms with Gasteiger partial charge in [-0.05, 0) is 5.92 Å². The van der Waals surface area contributed by atoms with Crippen molar-refractivity contribution in [1.82, 2.24) is 14.7 Å². The maximum Gasteiger partial charge on any atom is 0.226 e. The molecule has 0 aliphatic rings. The van der Waals surface area contributed by atoms with Gasteiger partial charge >= 0.3 is 0 Å². The van der Waals surface area contributed by atoms with Crippen molar-refractivity contribution in [1.29, 1.82) is 0 Å². The van der Waals surface area contributed by atoms with Crippen LogP contribution in [0.25, 0.3) is 4.96 Å². The third kappa shape index (κ3) is 2.88. The molecule has 0 aliphatic heterocycles. The van der Waals surface area contributed by atoms with Crippen LogP contribution in [0, 0.1) is 5.92 Å². The second-order valence-corrected chi connectivity index (χ2v) is 5.48. The molecular weight excluding hydrogens is 250 g/mol. The summed E-state index contributed by atoms with van der Waals surface area (Å²) >= 11 is 1.54. The van der Waals surface area contributed by atoms with Crippen molar-refractivity contribution in [2.45, 2.75) is 26.3 Å². The average Bonchev–Trinajstić information content (AvgIpc) is 2.85. The largest absolute Gasteiger partial charge is 0.394 e. The number of carbonyl (C=O) groups is 1. The summed E-state index contributed by atoms with van der Waals surface area (Å²) in [5.41, 5.74) is 0.750. The SMILES string of the molecule is CC(C)[C@@H](CO)NC(=O)Cc1cn2ccsc2n1. The summed E-state index contributed by atoms with van der Waals surface area (Å²) in [5.74, 6) is 0.109. The van der Waals surface area contributed by atoms with E-state index in [0.29, 0.717) is 0 Å². The van der Waals surface area contributed by atoms with E-state index in [-0.39, 0.29) is 30.9 Å². The van der Waals surface area contributed by atoms with Crippen molar-refractivity contribution in [3.63, 3.8) is 0 Å². The molecule has 98 valence electrons. The second-order valence-electron chi connectivity index (χ2n) is 4.60. The fourth-order valence-corrected chi connectivity index (χ4v) is 2.43. The number of amides is 1. The van der Waals surface area contributed by atoms with Gasteiger partial charge in [-0.1, -0.05) is 13.8 Å². The van der Waals surface area contributed by atoms with Gasteiger partial charge in [-0.15, -0.1) is 11.3 Å². The lowest BCUT2D eigenvalue weighted by atomic mass is 10.1. The van der Waals surface area contributed by atoms with Crippen LogP contribution in [0.3, 0.4) is 0 Å². The maximum absolute atomic E-state index is 11.8. The summed E-state index contributed by atoms with van der Waals surface area (Å²) in [6, 6.07) is -0.193. The van der Waals surface area contributed by atoms with Crippen molar-refractivity contribution in [2.75, 3.05) is 6.61 Å². The van der Waals surface area contributed by atoms with Crippen LogP contribution < -0.4 is 5.32 Å². The van der Waals surface area contributed by atoms with E-state index in [9.17, 15) is 4.79 Å². The molecule has 2 rings (SSSR count). The van der Waals surface area contributed by atoms with E-state index in [1.54, 1.807) is 0 Å². The lowest BCUT2D eigenvalue weighted by molar-refractivity contribution is -0.121. The number of nitrogens with one attached hydrogen (secondary N) is 1. The van der Waals surface area contributed by atoms with Crippen LogP contribution in [0.2, 0.25) is 0 Å². The van der Waals surface area contributed by atoms with E-state index < -0.39 is 0 Å². The van der Waals surface area contributed by atoms with Crippen LogP contribution in [0.1, 0.15) is 19.5 Å². The molecule has 0 spiro atoms. The van der Waals surface area contributed by atoms with Gasteiger partial charge in [0.1, 0.15) is 0 Å². The van der Waals surface area contributed by atoms with Gasteiger partial charge in [0.05, 0.1) is 24.8 Å². The molecule has 2 heterocycles. The number of nitrogens with zero attached hydrogens (tertiary/aromatic N) is 2. The highest BCUT2D eigenvalue weighted by atomic mass is 32.1. The second kappa shape index (κ2) is 5.49. The minimum Gasteiger partial charge on any atom is -0.394 e. The molecule has 2 N–H and O–H groups in total. The summed E-state index contributed by atoms with van der Waals surface area (Å²) in [7, 11) is 0. The van der Waals surface area contributed by atoms with Gasteiger partial charge in [0.25, 0.3) is 0 Å². The van der Waals surface area contributed by atoms with Gasteiger partial charge in [-0.2, -0.15) is 0 Å². The molecule has 0 saturated heterocycles. The van der Waals surface area contributed by atoms with Crippen LogP contribution >= 0.6 is 11.3 Å².